The maximum absolute atomic E-state index is 9.90. The van der Waals surface area contributed by atoms with Crippen LogP contribution in [0.25, 0.3) is 0 Å². The molecule has 44 valence electrons. The van der Waals surface area contributed by atoms with Crippen LogP contribution in [0.4, 0.5) is 0 Å². The Morgan fingerprint density at radius 3 is 2.75 bits per heavy atom. The lowest BCUT2D eigenvalue weighted by Crippen LogP contribution is -1.75. The normalized spacial score (nSPS) is 7.25. The molecule has 0 amide bonds. The second-order valence-electron chi connectivity index (χ2n) is 1.01. The van der Waals surface area contributed by atoms with Gasteiger partial charge in [0.2, 0.25) is 0 Å². The van der Waals surface area contributed by atoms with Gasteiger partial charge in [0.15, 0.2) is 0 Å². The predicted octanol–water partition coefficient (Wildman–Crippen LogP) is 1.54. The summed E-state index contributed by atoms with van der Waals surface area (Å²) < 4.78 is 0. The molecule has 0 aliphatic carbocycles. The van der Waals surface area contributed by atoms with E-state index in [1.54, 1.807) is 0 Å². The Morgan fingerprint density at radius 2 is 2.38 bits per heavy atom. The lowest BCUT2D eigenvalue weighted by molar-refractivity contribution is -0.107. The zero-order valence-electron chi connectivity index (χ0n) is 4.08. The van der Waals surface area contributed by atoms with E-state index in [1.165, 1.54) is 0 Å². The molecule has 0 spiro atoms. The summed E-state index contributed by atoms with van der Waals surface area (Å²) in [5.74, 6) is 4.75. The van der Waals surface area contributed by atoms with Crippen molar-refractivity contribution in [3.8, 4) is 11.8 Å². The van der Waals surface area contributed by atoms with Crippen LogP contribution in [-0.2, 0) is 4.79 Å². The molecule has 0 aliphatic rings. The molecule has 0 aliphatic heterocycles. The van der Waals surface area contributed by atoms with E-state index in [2.05, 4.69) is 27.8 Å². The number of hydrogen-bond acceptors (Lipinski definition) is 1. The molecule has 3 heteroatoms. The van der Waals surface area contributed by atoms with Crippen LogP contribution in [0.5, 0.6) is 0 Å². The summed E-state index contributed by atoms with van der Waals surface area (Å²) in [7, 11) is 0. The summed E-state index contributed by atoms with van der Waals surface area (Å²) in [5, 5.41) is 0.190. The number of carbonyl (C=O) groups is 1. The molecule has 0 N–H and O–H groups in total. The van der Waals surface area contributed by atoms with Crippen molar-refractivity contribution in [1.82, 2.24) is 0 Å². The number of alkyl halides is 1. The van der Waals surface area contributed by atoms with Crippen LogP contribution >= 0.6 is 27.5 Å². The minimum atomic E-state index is -0.592. The van der Waals surface area contributed by atoms with Crippen molar-refractivity contribution in [2.75, 3.05) is 5.33 Å². The van der Waals surface area contributed by atoms with Gasteiger partial charge in [0.25, 0.3) is 5.24 Å². The summed E-state index contributed by atoms with van der Waals surface area (Å²) in [6.07, 6.45) is 0.665. The smallest absolute Gasteiger partial charge is 0.266 e. The molecule has 0 heterocycles. The van der Waals surface area contributed by atoms with E-state index in [9.17, 15) is 4.79 Å². The number of hydrogen-bond donors (Lipinski definition) is 0. The zero-order valence-corrected chi connectivity index (χ0v) is 6.42. The van der Waals surface area contributed by atoms with Crippen molar-refractivity contribution in [2.45, 2.75) is 6.42 Å². The van der Waals surface area contributed by atoms with Gasteiger partial charge in [0, 0.05) is 11.8 Å². The Labute approximate surface area is 61.5 Å². The fourth-order valence-electron chi connectivity index (χ4n) is 0.179. The Morgan fingerprint density at radius 1 is 1.75 bits per heavy atom. The standard InChI is InChI=1S/C5H4BrClO/c6-4-2-1-3-5(7)8/h2,4H2. The molecule has 0 fully saturated rings. The second kappa shape index (κ2) is 5.14. The SMILES string of the molecule is O=C(Cl)C#CCCBr. The van der Waals surface area contributed by atoms with Crippen molar-refractivity contribution < 1.29 is 4.79 Å². The lowest BCUT2D eigenvalue weighted by atomic mass is 10.5. The van der Waals surface area contributed by atoms with E-state index in [0.717, 1.165) is 5.33 Å². The van der Waals surface area contributed by atoms with Gasteiger partial charge in [-0.05, 0) is 17.5 Å². The minimum Gasteiger partial charge on any atom is -0.266 e. The topological polar surface area (TPSA) is 17.1 Å². The molecule has 0 saturated heterocycles. The van der Waals surface area contributed by atoms with Gasteiger partial charge in [-0.15, -0.1) is 0 Å². The van der Waals surface area contributed by atoms with Gasteiger partial charge in [-0.25, -0.2) is 0 Å². The first-order valence-corrected chi connectivity index (χ1v) is 3.51. The first-order valence-electron chi connectivity index (χ1n) is 2.01. The van der Waals surface area contributed by atoms with Crippen LogP contribution in [-0.4, -0.2) is 10.6 Å². The van der Waals surface area contributed by atoms with Crippen LogP contribution in [0.15, 0.2) is 0 Å². The minimum absolute atomic E-state index is 0.592. The monoisotopic (exact) mass is 194 g/mol. The number of halogens is 2. The molecule has 0 aromatic heterocycles. The van der Waals surface area contributed by atoms with Crippen LogP contribution in [0, 0.1) is 11.8 Å². The Balaban J connectivity index is 3.35. The second-order valence-corrected chi connectivity index (χ2v) is 2.15. The highest BCUT2D eigenvalue weighted by Crippen LogP contribution is 1.83. The maximum atomic E-state index is 9.90. The highest BCUT2D eigenvalue weighted by Gasteiger charge is 1.80. The molecule has 0 rings (SSSR count). The molecule has 0 aromatic carbocycles. The molecule has 1 nitrogen and oxygen atoms in total. The lowest BCUT2D eigenvalue weighted by Gasteiger charge is -1.72. The summed E-state index contributed by atoms with van der Waals surface area (Å²) in [5.41, 5.74) is 0. The maximum Gasteiger partial charge on any atom is 0.296 e. The van der Waals surface area contributed by atoms with Gasteiger partial charge >= 0.3 is 0 Å². The van der Waals surface area contributed by atoms with Crippen molar-refractivity contribution in [3.05, 3.63) is 0 Å². The van der Waals surface area contributed by atoms with E-state index in [0.29, 0.717) is 6.42 Å². The van der Waals surface area contributed by atoms with E-state index < -0.39 is 5.24 Å². The van der Waals surface area contributed by atoms with Crippen LogP contribution in [0.1, 0.15) is 6.42 Å². The Hall–Kier alpha value is 0. The fourth-order valence-corrected chi connectivity index (χ4v) is 0.444. The van der Waals surface area contributed by atoms with Crippen LogP contribution in [0.3, 0.4) is 0 Å². The fraction of sp³-hybridized carbons (Fsp3) is 0.400. The molecule has 0 aromatic rings. The zero-order chi connectivity index (χ0) is 6.41. The largest absolute Gasteiger partial charge is 0.296 e. The van der Waals surface area contributed by atoms with Gasteiger partial charge < -0.3 is 0 Å². The summed E-state index contributed by atoms with van der Waals surface area (Å²) in [4.78, 5) is 9.90. The van der Waals surface area contributed by atoms with Crippen molar-refractivity contribution in [1.29, 1.82) is 0 Å². The van der Waals surface area contributed by atoms with E-state index >= 15 is 0 Å². The summed E-state index contributed by atoms with van der Waals surface area (Å²) in [6.45, 7) is 0. The third-order valence-corrected chi connectivity index (χ3v) is 0.897. The molecule has 0 radical (unpaired) electrons. The molecular weight excluding hydrogens is 191 g/mol. The van der Waals surface area contributed by atoms with Gasteiger partial charge in [0.1, 0.15) is 0 Å². The van der Waals surface area contributed by atoms with E-state index in [4.69, 9.17) is 11.6 Å². The van der Waals surface area contributed by atoms with Crippen molar-refractivity contribution in [3.63, 3.8) is 0 Å². The number of rotatable bonds is 1. The van der Waals surface area contributed by atoms with Gasteiger partial charge in [-0.2, -0.15) is 0 Å². The first-order chi connectivity index (χ1) is 3.77. The summed E-state index contributed by atoms with van der Waals surface area (Å²) >= 11 is 8.03. The first kappa shape index (κ1) is 8.00. The van der Waals surface area contributed by atoms with Crippen LogP contribution < -0.4 is 0 Å². The molecule has 0 saturated carbocycles. The Kier molecular flexibility index (Phi) is 5.14. The van der Waals surface area contributed by atoms with E-state index in [-0.39, 0.29) is 0 Å². The third-order valence-electron chi connectivity index (χ3n) is 0.406. The summed E-state index contributed by atoms with van der Waals surface area (Å²) in [6, 6.07) is 0. The van der Waals surface area contributed by atoms with Gasteiger partial charge in [0.05, 0.1) is 0 Å². The van der Waals surface area contributed by atoms with Crippen molar-refractivity contribution >= 4 is 32.8 Å². The van der Waals surface area contributed by atoms with Crippen molar-refractivity contribution in [2.24, 2.45) is 0 Å². The molecule has 0 atom stereocenters. The molecule has 0 bridgehead atoms. The molecule has 8 heavy (non-hydrogen) atoms. The molecule has 0 unspecified atom stereocenters. The number of carbonyl (C=O) groups excluding carboxylic acids is 1. The Bertz CT molecular complexity index is 133. The quantitative estimate of drug-likeness (QED) is 0.352. The highest BCUT2D eigenvalue weighted by molar-refractivity contribution is 9.09. The van der Waals surface area contributed by atoms with Crippen LogP contribution in [0.2, 0.25) is 0 Å². The highest BCUT2D eigenvalue weighted by atomic mass is 79.9. The average molecular weight is 195 g/mol. The average Bonchev–Trinajstić information content (AvgIpc) is 1.66. The van der Waals surface area contributed by atoms with Gasteiger partial charge in [-0.1, -0.05) is 21.9 Å². The predicted molar refractivity (Wildman–Crippen MR) is 37.0 cm³/mol. The van der Waals surface area contributed by atoms with Gasteiger partial charge in [-0.3, -0.25) is 4.79 Å². The third kappa shape index (κ3) is 6.00. The molecular formula is C5H4BrClO. The van der Waals surface area contributed by atoms with E-state index in [1.807, 2.05) is 0 Å².